The fraction of sp³-hybridized carbons (Fsp3) is 0. The SMILES string of the molecule is N#Cc1ccc(-c2cc(F)ccn2)cc1F. The van der Waals surface area contributed by atoms with E-state index >= 15 is 0 Å². The molecule has 0 N–H and O–H groups in total. The summed E-state index contributed by atoms with van der Waals surface area (Å²) in [5.41, 5.74) is 0.736. The van der Waals surface area contributed by atoms with Gasteiger partial charge in [-0.2, -0.15) is 5.26 Å². The van der Waals surface area contributed by atoms with E-state index in [1.165, 1.54) is 36.5 Å². The molecule has 2 aromatic rings. The van der Waals surface area contributed by atoms with Crippen LogP contribution in [0.2, 0.25) is 0 Å². The van der Waals surface area contributed by atoms with Gasteiger partial charge in [-0.3, -0.25) is 4.98 Å². The standard InChI is InChI=1S/C12H6F2N2/c13-10-3-4-16-12(6-10)8-1-2-9(7-15)11(14)5-8/h1-6H. The number of aromatic nitrogens is 1. The molecule has 0 amide bonds. The molecule has 0 unspecified atom stereocenters. The summed E-state index contributed by atoms with van der Waals surface area (Å²) in [6, 6.07) is 8.18. The van der Waals surface area contributed by atoms with Crippen LogP contribution in [-0.4, -0.2) is 4.98 Å². The van der Waals surface area contributed by atoms with Gasteiger partial charge in [-0.05, 0) is 18.2 Å². The number of nitriles is 1. The molecule has 2 nitrogen and oxygen atoms in total. The summed E-state index contributed by atoms with van der Waals surface area (Å²) in [5.74, 6) is -1.07. The third kappa shape index (κ3) is 1.89. The number of benzene rings is 1. The van der Waals surface area contributed by atoms with Crippen molar-refractivity contribution in [2.24, 2.45) is 0 Å². The van der Waals surface area contributed by atoms with E-state index in [9.17, 15) is 8.78 Å². The highest BCUT2D eigenvalue weighted by atomic mass is 19.1. The van der Waals surface area contributed by atoms with Crippen LogP contribution in [0.3, 0.4) is 0 Å². The number of nitrogens with zero attached hydrogens (tertiary/aromatic N) is 2. The minimum atomic E-state index is -0.633. The molecule has 0 bridgehead atoms. The van der Waals surface area contributed by atoms with Crippen molar-refractivity contribution in [3.05, 3.63) is 53.7 Å². The zero-order valence-electron chi connectivity index (χ0n) is 8.11. The molecule has 0 atom stereocenters. The van der Waals surface area contributed by atoms with Crippen LogP contribution in [0, 0.1) is 23.0 Å². The van der Waals surface area contributed by atoms with Crippen LogP contribution in [0.1, 0.15) is 5.56 Å². The Morgan fingerprint density at radius 1 is 1.12 bits per heavy atom. The molecule has 0 saturated carbocycles. The Hall–Kier alpha value is -2.28. The van der Waals surface area contributed by atoms with Crippen molar-refractivity contribution in [1.82, 2.24) is 4.98 Å². The van der Waals surface area contributed by atoms with Crippen molar-refractivity contribution in [1.29, 1.82) is 5.26 Å². The van der Waals surface area contributed by atoms with E-state index in [4.69, 9.17) is 5.26 Å². The van der Waals surface area contributed by atoms with Gasteiger partial charge in [-0.25, -0.2) is 8.78 Å². The minimum absolute atomic E-state index is 0.0415. The lowest BCUT2D eigenvalue weighted by Gasteiger charge is -2.01. The van der Waals surface area contributed by atoms with Crippen LogP contribution >= 0.6 is 0 Å². The lowest BCUT2D eigenvalue weighted by molar-refractivity contribution is 0.622. The number of rotatable bonds is 1. The predicted molar refractivity (Wildman–Crippen MR) is 54.3 cm³/mol. The van der Waals surface area contributed by atoms with Gasteiger partial charge in [-0.15, -0.1) is 0 Å². The molecule has 1 aromatic carbocycles. The van der Waals surface area contributed by atoms with E-state index in [0.717, 1.165) is 0 Å². The normalized spacial score (nSPS) is 9.81. The first-order valence-corrected chi connectivity index (χ1v) is 4.52. The smallest absolute Gasteiger partial charge is 0.141 e. The van der Waals surface area contributed by atoms with Gasteiger partial charge in [0.2, 0.25) is 0 Å². The first kappa shape index (κ1) is 10.2. The van der Waals surface area contributed by atoms with Crippen LogP contribution in [0.15, 0.2) is 36.5 Å². The summed E-state index contributed by atoms with van der Waals surface area (Å²) in [5, 5.41) is 8.56. The Kier molecular flexibility index (Phi) is 2.61. The summed E-state index contributed by atoms with van der Waals surface area (Å²) in [6.45, 7) is 0. The highest BCUT2D eigenvalue weighted by molar-refractivity contribution is 5.60. The zero-order valence-corrected chi connectivity index (χ0v) is 8.11. The first-order chi connectivity index (χ1) is 7.70. The van der Waals surface area contributed by atoms with E-state index in [-0.39, 0.29) is 5.56 Å². The molecule has 1 heterocycles. The summed E-state index contributed by atoms with van der Waals surface area (Å²) in [4.78, 5) is 3.92. The second-order valence-electron chi connectivity index (χ2n) is 3.17. The fourth-order valence-corrected chi connectivity index (χ4v) is 1.33. The number of hydrogen-bond donors (Lipinski definition) is 0. The van der Waals surface area contributed by atoms with Crippen LogP contribution in [0.25, 0.3) is 11.3 Å². The molecule has 16 heavy (non-hydrogen) atoms. The largest absolute Gasteiger partial charge is 0.256 e. The molecule has 0 aliphatic rings. The summed E-state index contributed by atoms with van der Waals surface area (Å²) < 4.78 is 26.2. The highest BCUT2D eigenvalue weighted by Crippen LogP contribution is 2.20. The molecular formula is C12H6F2N2. The van der Waals surface area contributed by atoms with Crippen molar-refractivity contribution in [2.75, 3.05) is 0 Å². The fourth-order valence-electron chi connectivity index (χ4n) is 1.33. The van der Waals surface area contributed by atoms with E-state index in [1.807, 2.05) is 0 Å². The van der Waals surface area contributed by atoms with Crippen molar-refractivity contribution in [3.63, 3.8) is 0 Å². The maximum absolute atomic E-state index is 13.3. The molecule has 0 saturated heterocycles. The molecule has 0 fully saturated rings. The second kappa shape index (κ2) is 4.07. The molecule has 0 aliphatic heterocycles. The molecule has 4 heteroatoms. The van der Waals surface area contributed by atoms with Gasteiger partial charge in [0.1, 0.15) is 17.7 Å². The maximum Gasteiger partial charge on any atom is 0.141 e. The molecule has 1 aromatic heterocycles. The quantitative estimate of drug-likeness (QED) is 0.734. The van der Waals surface area contributed by atoms with E-state index in [2.05, 4.69) is 4.98 Å². The molecular weight excluding hydrogens is 210 g/mol. The van der Waals surface area contributed by atoms with Gasteiger partial charge in [0.05, 0.1) is 11.3 Å². The number of hydrogen-bond acceptors (Lipinski definition) is 2. The molecule has 0 radical (unpaired) electrons. The van der Waals surface area contributed by atoms with Gasteiger partial charge >= 0.3 is 0 Å². The van der Waals surface area contributed by atoms with Crippen LogP contribution in [-0.2, 0) is 0 Å². The number of halogens is 2. The highest BCUT2D eigenvalue weighted by Gasteiger charge is 2.05. The van der Waals surface area contributed by atoms with Crippen LogP contribution in [0.5, 0.6) is 0 Å². The Morgan fingerprint density at radius 2 is 1.94 bits per heavy atom. The average molecular weight is 216 g/mol. The summed E-state index contributed by atoms with van der Waals surface area (Å²) in [7, 11) is 0. The van der Waals surface area contributed by atoms with Crippen molar-refractivity contribution >= 4 is 0 Å². The number of pyridine rings is 1. The average Bonchev–Trinajstić information content (AvgIpc) is 2.29. The Balaban J connectivity index is 2.50. The minimum Gasteiger partial charge on any atom is -0.256 e. The monoisotopic (exact) mass is 216 g/mol. The van der Waals surface area contributed by atoms with Gasteiger partial charge in [0, 0.05) is 17.8 Å². The van der Waals surface area contributed by atoms with Crippen molar-refractivity contribution in [3.8, 4) is 17.3 Å². The molecule has 0 spiro atoms. The van der Waals surface area contributed by atoms with Crippen LogP contribution < -0.4 is 0 Å². The Morgan fingerprint density at radius 3 is 2.56 bits per heavy atom. The van der Waals surface area contributed by atoms with Gasteiger partial charge in [0.25, 0.3) is 0 Å². The van der Waals surface area contributed by atoms with Crippen molar-refractivity contribution in [2.45, 2.75) is 0 Å². The topological polar surface area (TPSA) is 36.7 Å². The third-order valence-corrected chi connectivity index (χ3v) is 2.11. The lowest BCUT2D eigenvalue weighted by atomic mass is 10.1. The Labute approximate surface area is 90.8 Å². The Bertz CT molecular complexity index is 573. The maximum atomic E-state index is 13.3. The summed E-state index contributed by atoms with van der Waals surface area (Å²) in [6.07, 6.45) is 1.31. The predicted octanol–water partition coefficient (Wildman–Crippen LogP) is 2.90. The second-order valence-corrected chi connectivity index (χ2v) is 3.17. The van der Waals surface area contributed by atoms with Crippen LogP contribution in [0.4, 0.5) is 8.78 Å². The van der Waals surface area contributed by atoms with Gasteiger partial charge < -0.3 is 0 Å². The summed E-state index contributed by atoms with van der Waals surface area (Å²) >= 11 is 0. The zero-order chi connectivity index (χ0) is 11.5. The molecule has 0 aliphatic carbocycles. The van der Waals surface area contributed by atoms with Gasteiger partial charge in [-0.1, -0.05) is 6.07 Å². The lowest BCUT2D eigenvalue weighted by Crippen LogP contribution is -1.88. The van der Waals surface area contributed by atoms with E-state index < -0.39 is 11.6 Å². The first-order valence-electron chi connectivity index (χ1n) is 4.52. The third-order valence-electron chi connectivity index (χ3n) is 2.11. The van der Waals surface area contributed by atoms with E-state index in [0.29, 0.717) is 11.3 Å². The van der Waals surface area contributed by atoms with Crippen molar-refractivity contribution < 1.29 is 8.78 Å². The van der Waals surface area contributed by atoms with Gasteiger partial charge in [0.15, 0.2) is 0 Å². The molecule has 2 rings (SSSR count). The van der Waals surface area contributed by atoms with E-state index in [1.54, 1.807) is 6.07 Å². The molecule has 78 valence electrons.